The fourth-order valence-electron chi connectivity index (χ4n) is 8.84. The van der Waals surface area contributed by atoms with Gasteiger partial charge in [-0.15, -0.1) is 0 Å². The predicted molar refractivity (Wildman–Crippen MR) is 303 cm³/mol. The average molecular weight is 1060 g/mol. The summed E-state index contributed by atoms with van der Waals surface area (Å²) in [5.74, 6) is -3.15. The van der Waals surface area contributed by atoms with Crippen LogP contribution in [0.15, 0.2) is 60.8 Å². The van der Waals surface area contributed by atoms with Gasteiger partial charge in [-0.1, -0.05) is 204 Å². The summed E-state index contributed by atoms with van der Waals surface area (Å²) >= 11 is 0. The Labute approximate surface area is 456 Å². The van der Waals surface area contributed by atoms with Gasteiger partial charge >= 0.3 is 23.9 Å². The Morgan fingerprint density at radius 3 is 1.29 bits per heavy atom. The first-order valence-electron chi connectivity index (χ1n) is 30.3. The topological polar surface area (TPSA) is 175 Å². The number of aliphatic carboxylic acids is 1. The van der Waals surface area contributed by atoms with Crippen LogP contribution in [0.3, 0.4) is 0 Å². The van der Waals surface area contributed by atoms with E-state index in [1.807, 2.05) is 0 Å². The molecule has 1 rings (SSSR count). The standard InChI is InChI=1S/C63H108O12/c1-4-7-10-13-16-19-22-25-27-28-30-32-34-37-40-43-46-49-55(64)71-52-54(73-56(65)50-47-44-41-38-35-31-24-21-18-15-12-9-6-3)53-72-63-61(59(68)58(67)60(75-63)62(69)70)74-57(66)51-48-45-42-39-36-33-29-26-23-20-17-14-11-8-5-2/h12,15-16,19,21,24-27,29,54,58-61,63,67-68H,4-11,13-14,17-18,20,22-23,28,30-53H2,1-3H3,(H,69,70)/b15-12-,19-16-,24-21-,27-25-,29-26-. The van der Waals surface area contributed by atoms with Gasteiger partial charge in [-0.25, -0.2) is 4.79 Å². The van der Waals surface area contributed by atoms with E-state index in [2.05, 4.69) is 81.5 Å². The summed E-state index contributed by atoms with van der Waals surface area (Å²) in [7, 11) is 0. The second kappa shape index (κ2) is 51.2. The summed E-state index contributed by atoms with van der Waals surface area (Å²) < 4.78 is 28.4. The number of carboxylic acids is 1. The molecule has 3 N–H and O–H groups in total. The van der Waals surface area contributed by atoms with Crippen LogP contribution in [0.25, 0.3) is 0 Å². The molecule has 0 bridgehead atoms. The van der Waals surface area contributed by atoms with Gasteiger partial charge in [0, 0.05) is 19.3 Å². The van der Waals surface area contributed by atoms with Crippen molar-refractivity contribution in [3.63, 3.8) is 0 Å². The SMILES string of the molecule is CCC/C=C\C/C=C\CCCCCCCC(=O)OC(COC(=O)CCCCCCCCC/C=C\C/C=C\CCCCC)COC1OC(C(=O)O)C(O)C(O)C1OC(=O)CCCCCCC/C=C\CCCCCCCC. The quantitative estimate of drug-likeness (QED) is 0.0228. The van der Waals surface area contributed by atoms with E-state index in [1.54, 1.807) is 0 Å². The highest BCUT2D eigenvalue weighted by Crippen LogP contribution is 2.26. The van der Waals surface area contributed by atoms with Gasteiger partial charge in [0.05, 0.1) is 6.61 Å². The summed E-state index contributed by atoms with van der Waals surface area (Å²) in [5.41, 5.74) is 0. The zero-order valence-electron chi connectivity index (χ0n) is 47.5. The van der Waals surface area contributed by atoms with Gasteiger partial charge in [-0.2, -0.15) is 0 Å². The summed E-state index contributed by atoms with van der Waals surface area (Å²) in [4.78, 5) is 51.1. The molecule has 1 saturated heterocycles. The lowest BCUT2D eigenvalue weighted by molar-refractivity contribution is -0.301. The lowest BCUT2D eigenvalue weighted by atomic mass is 9.98. The molecule has 75 heavy (non-hydrogen) atoms. The normalized spacial score (nSPS) is 18.5. The Kier molecular flexibility index (Phi) is 47.4. The number of aliphatic hydroxyl groups excluding tert-OH is 2. The van der Waals surface area contributed by atoms with Crippen molar-refractivity contribution < 1.29 is 58.2 Å². The van der Waals surface area contributed by atoms with Crippen LogP contribution in [0.5, 0.6) is 0 Å². The zero-order valence-corrected chi connectivity index (χ0v) is 47.5. The molecule has 0 radical (unpaired) electrons. The van der Waals surface area contributed by atoms with Crippen molar-refractivity contribution in [2.75, 3.05) is 13.2 Å². The maximum absolute atomic E-state index is 13.1. The van der Waals surface area contributed by atoms with Gasteiger partial charge in [-0.05, 0) is 103 Å². The minimum absolute atomic E-state index is 0.0480. The summed E-state index contributed by atoms with van der Waals surface area (Å²) in [6.45, 7) is 5.88. The van der Waals surface area contributed by atoms with Crippen molar-refractivity contribution in [2.24, 2.45) is 0 Å². The molecular formula is C63H108O12. The van der Waals surface area contributed by atoms with Crippen LogP contribution < -0.4 is 0 Å². The van der Waals surface area contributed by atoms with Gasteiger partial charge < -0.3 is 39.0 Å². The van der Waals surface area contributed by atoms with E-state index < -0.39 is 67.3 Å². The third-order valence-corrected chi connectivity index (χ3v) is 13.5. The first-order valence-corrected chi connectivity index (χ1v) is 30.3. The molecule has 1 heterocycles. The molecule has 6 atom stereocenters. The number of carbonyl (C=O) groups excluding carboxylic acids is 3. The summed E-state index contributed by atoms with van der Waals surface area (Å²) in [6.07, 6.45) is 50.4. The Bertz CT molecular complexity index is 1540. The molecule has 12 heteroatoms. The molecule has 0 aromatic rings. The lowest BCUT2D eigenvalue weighted by Crippen LogP contribution is -2.61. The van der Waals surface area contributed by atoms with Gasteiger partial charge in [0.2, 0.25) is 0 Å². The molecule has 432 valence electrons. The smallest absolute Gasteiger partial charge is 0.335 e. The Balaban J connectivity index is 2.69. The third-order valence-electron chi connectivity index (χ3n) is 13.5. The molecule has 12 nitrogen and oxygen atoms in total. The first-order chi connectivity index (χ1) is 36.6. The molecule has 1 aliphatic rings. The zero-order chi connectivity index (χ0) is 54.7. The van der Waals surface area contributed by atoms with Crippen LogP contribution in [0.4, 0.5) is 0 Å². The number of rotatable bonds is 51. The van der Waals surface area contributed by atoms with Crippen LogP contribution in [0, 0.1) is 0 Å². The molecule has 0 aromatic carbocycles. The Morgan fingerprint density at radius 1 is 0.440 bits per heavy atom. The van der Waals surface area contributed by atoms with Gasteiger partial charge in [-0.3, -0.25) is 14.4 Å². The largest absolute Gasteiger partial charge is 0.479 e. The Morgan fingerprint density at radius 2 is 0.827 bits per heavy atom. The number of aliphatic hydroxyl groups is 2. The fraction of sp³-hybridized carbons (Fsp3) is 0.778. The third kappa shape index (κ3) is 41.2. The molecule has 1 fully saturated rings. The number of hydrogen-bond donors (Lipinski definition) is 3. The van der Waals surface area contributed by atoms with Crippen LogP contribution in [0.1, 0.15) is 265 Å². The van der Waals surface area contributed by atoms with Crippen molar-refractivity contribution >= 4 is 23.9 Å². The van der Waals surface area contributed by atoms with E-state index in [9.17, 15) is 34.5 Å². The monoisotopic (exact) mass is 1060 g/mol. The number of unbranched alkanes of at least 4 members (excludes halogenated alkanes) is 27. The number of allylic oxidation sites excluding steroid dienone is 10. The van der Waals surface area contributed by atoms with E-state index in [4.69, 9.17) is 23.7 Å². The van der Waals surface area contributed by atoms with Crippen molar-refractivity contribution in [3.8, 4) is 0 Å². The maximum atomic E-state index is 13.1. The maximum Gasteiger partial charge on any atom is 0.335 e. The number of ether oxygens (including phenoxy) is 5. The van der Waals surface area contributed by atoms with Crippen LogP contribution in [0.2, 0.25) is 0 Å². The number of hydrogen-bond acceptors (Lipinski definition) is 11. The van der Waals surface area contributed by atoms with Crippen molar-refractivity contribution in [2.45, 2.75) is 302 Å². The Hall–Kier alpha value is -3.58. The average Bonchev–Trinajstić information content (AvgIpc) is 3.39. The highest BCUT2D eigenvalue weighted by molar-refractivity contribution is 5.74. The second-order valence-electron chi connectivity index (χ2n) is 20.6. The second-order valence-corrected chi connectivity index (χ2v) is 20.6. The fourth-order valence-corrected chi connectivity index (χ4v) is 8.84. The van der Waals surface area contributed by atoms with Crippen molar-refractivity contribution in [1.82, 2.24) is 0 Å². The number of carboxylic acid groups (broad SMARTS) is 1. The van der Waals surface area contributed by atoms with E-state index in [-0.39, 0.29) is 25.9 Å². The van der Waals surface area contributed by atoms with Gasteiger partial charge in [0.25, 0.3) is 0 Å². The van der Waals surface area contributed by atoms with Crippen molar-refractivity contribution in [3.05, 3.63) is 60.8 Å². The van der Waals surface area contributed by atoms with Crippen LogP contribution in [-0.4, -0.2) is 89.2 Å². The van der Waals surface area contributed by atoms with E-state index in [0.717, 1.165) is 128 Å². The molecule has 0 amide bonds. The van der Waals surface area contributed by atoms with Crippen molar-refractivity contribution in [1.29, 1.82) is 0 Å². The number of esters is 3. The summed E-state index contributed by atoms with van der Waals surface area (Å²) in [5, 5.41) is 31.5. The molecule has 0 saturated carbocycles. The predicted octanol–water partition coefficient (Wildman–Crippen LogP) is 15.6. The van der Waals surface area contributed by atoms with Crippen LogP contribution in [-0.2, 0) is 42.9 Å². The first kappa shape index (κ1) is 69.4. The lowest BCUT2D eigenvalue weighted by Gasteiger charge is -2.40. The molecule has 0 aromatic heterocycles. The highest BCUT2D eigenvalue weighted by Gasteiger charge is 2.50. The van der Waals surface area contributed by atoms with E-state index >= 15 is 0 Å². The number of carbonyl (C=O) groups is 4. The molecule has 1 aliphatic heterocycles. The summed E-state index contributed by atoms with van der Waals surface area (Å²) in [6, 6.07) is 0. The molecular weight excluding hydrogens is 949 g/mol. The van der Waals surface area contributed by atoms with E-state index in [1.165, 1.54) is 77.0 Å². The van der Waals surface area contributed by atoms with Gasteiger partial charge in [0.15, 0.2) is 24.6 Å². The minimum Gasteiger partial charge on any atom is -0.479 e. The molecule has 0 aliphatic carbocycles. The minimum atomic E-state index is -1.91. The van der Waals surface area contributed by atoms with E-state index in [0.29, 0.717) is 19.3 Å². The van der Waals surface area contributed by atoms with Gasteiger partial charge in [0.1, 0.15) is 18.8 Å². The molecule has 6 unspecified atom stereocenters. The molecule has 0 spiro atoms. The highest BCUT2D eigenvalue weighted by atomic mass is 16.7. The van der Waals surface area contributed by atoms with Crippen LogP contribution >= 0.6 is 0 Å².